The molecule has 0 aliphatic carbocycles. The maximum absolute atomic E-state index is 11.6. The molecule has 0 heterocycles. The van der Waals surface area contributed by atoms with Gasteiger partial charge in [-0.05, 0) is 32.1 Å². The number of carbonyl (C=O) groups excluding carboxylic acids is 1. The molecule has 0 spiro atoms. The van der Waals surface area contributed by atoms with E-state index in [2.05, 4.69) is 5.32 Å². The molecular weight excluding hydrogens is 192 g/mol. The van der Waals surface area contributed by atoms with E-state index in [1.165, 1.54) is 0 Å². The van der Waals surface area contributed by atoms with Gasteiger partial charge in [-0.15, -0.1) is 0 Å². The van der Waals surface area contributed by atoms with Crippen LogP contribution in [0.25, 0.3) is 0 Å². The quantitative estimate of drug-likeness (QED) is 0.584. The summed E-state index contributed by atoms with van der Waals surface area (Å²) in [6, 6.07) is -0.329. The second-order valence-corrected chi connectivity index (χ2v) is 4.51. The molecule has 1 unspecified atom stereocenters. The first-order valence-electron chi connectivity index (χ1n) is 5.64. The Hall–Kier alpha value is -0.610. The first kappa shape index (κ1) is 14.4. The molecule has 2 atom stereocenters. The molecule has 1 amide bonds. The summed E-state index contributed by atoms with van der Waals surface area (Å²) in [6.07, 6.45) is 2.20. The van der Waals surface area contributed by atoms with Gasteiger partial charge in [-0.25, -0.2) is 0 Å². The summed E-state index contributed by atoms with van der Waals surface area (Å²) in [5.74, 6) is 0.340. The Labute approximate surface area is 92.2 Å². The monoisotopic (exact) mass is 216 g/mol. The van der Waals surface area contributed by atoms with Crippen LogP contribution < -0.4 is 11.1 Å². The molecule has 0 rings (SSSR count). The molecule has 0 saturated heterocycles. The van der Waals surface area contributed by atoms with Crippen molar-refractivity contribution >= 4 is 5.91 Å². The second kappa shape index (κ2) is 7.65. The molecule has 90 valence electrons. The van der Waals surface area contributed by atoms with Crippen molar-refractivity contribution in [2.24, 2.45) is 11.7 Å². The highest BCUT2D eigenvalue weighted by atomic mass is 16.2. The number of hydrogen-bond acceptors (Lipinski definition) is 3. The van der Waals surface area contributed by atoms with Crippen LogP contribution in [0.5, 0.6) is 0 Å². The Morgan fingerprint density at radius 1 is 1.40 bits per heavy atom. The highest BCUT2D eigenvalue weighted by Crippen LogP contribution is 2.03. The van der Waals surface area contributed by atoms with Crippen molar-refractivity contribution in [3.63, 3.8) is 0 Å². The van der Waals surface area contributed by atoms with E-state index >= 15 is 0 Å². The van der Waals surface area contributed by atoms with Gasteiger partial charge >= 0.3 is 0 Å². The van der Waals surface area contributed by atoms with Crippen LogP contribution in [0, 0.1) is 5.92 Å². The van der Waals surface area contributed by atoms with Crippen LogP contribution in [0.2, 0.25) is 0 Å². The number of nitrogens with one attached hydrogen (secondary N) is 1. The molecular formula is C11H24N2O2. The Morgan fingerprint density at radius 3 is 2.47 bits per heavy atom. The molecule has 0 fully saturated rings. The highest BCUT2D eigenvalue weighted by Gasteiger charge is 2.16. The van der Waals surface area contributed by atoms with Crippen molar-refractivity contribution in [1.82, 2.24) is 5.32 Å². The Bertz CT molecular complexity index is 183. The fourth-order valence-corrected chi connectivity index (χ4v) is 1.43. The van der Waals surface area contributed by atoms with Gasteiger partial charge in [0.1, 0.15) is 0 Å². The zero-order chi connectivity index (χ0) is 11.8. The molecule has 0 radical (unpaired) electrons. The predicted molar refractivity (Wildman–Crippen MR) is 61.4 cm³/mol. The standard InChI is InChI=1S/C11H24N2O2/c1-8(2)7-10(12)11(15)13-9(3)5-4-6-14/h8-10,14H,4-7,12H2,1-3H3,(H,13,15)/t9?,10-/m1/s1. The molecule has 4 heteroatoms. The van der Waals surface area contributed by atoms with Gasteiger partial charge in [0.25, 0.3) is 0 Å². The van der Waals surface area contributed by atoms with Crippen LogP contribution in [0.4, 0.5) is 0 Å². The highest BCUT2D eigenvalue weighted by molar-refractivity contribution is 5.81. The van der Waals surface area contributed by atoms with Crippen molar-refractivity contribution in [2.75, 3.05) is 6.61 Å². The predicted octanol–water partition coefficient (Wildman–Crippen LogP) is 0.637. The van der Waals surface area contributed by atoms with Crippen LogP contribution in [0.15, 0.2) is 0 Å². The van der Waals surface area contributed by atoms with Crippen LogP contribution in [0.3, 0.4) is 0 Å². The molecule has 0 aromatic heterocycles. The number of nitrogens with two attached hydrogens (primary N) is 1. The van der Waals surface area contributed by atoms with Gasteiger partial charge in [0.15, 0.2) is 0 Å². The van der Waals surface area contributed by atoms with E-state index in [-0.39, 0.29) is 18.6 Å². The third-order valence-electron chi connectivity index (χ3n) is 2.25. The minimum absolute atomic E-state index is 0.0860. The maximum atomic E-state index is 11.6. The van der Waals surface area contributed by atoms with Gasteiger partial charge in [-0.1, -0.05) is 13.8 Å². The average Bonchev–Trinajstić information content (AvgIpc) is 2.13. The summed E-state index contributed by atoms with van der Waals surface area (Å²) in [6.45, 7) is 6.18. The number of carbonyl (C=O) groups is 1. The number of aliphatic hydroxyl groups excluding tert-OH is 1. The SMILES string of the molecule is CC(C)C[C@@H](N)C(=O)NC(C)CCCO. The number of hydrogen-bond donors (Lipinski definition) is 3. The number of rotatable bonds is 7. The van der Waals surface area contributed by atoms with Crippen molar-refractivity contribution in [1.29, 1.82) is 0 Å². The summed E-state index contributed by atoms with van der Waals surface area (Å²) in [5.41, 5.74) is 5.73. The third kappa shape index (κ3) is 7.33. The minimum Gasteiger partial charge on any atom is -0.396 e. The zero-order valence-electron chi connectivity index (χ0n) is 9.99. The smallest absolute Gasteiger partial charge is 0.237 e. The summed E-state index contributed by atoms with van der Waals surface area (Å²) in [7, 11) is 0. The Balaban J connectivity index is 3.80. The van der Waals surface area contributed by atoms with E-state index in [9.17, 15) is 4.79 Å². The van der Waals surface area contributed by atoms with Crippen LogP contribution in [-0.2, 0) is 4.79 Å². The first-order chi connectivity index (χ1) is 6.97. The van der Waals surface area contributed by atoms with E-state index in [1.807, 2.05) is 20.8 Å². The van der Waals surface area contributed by atoms with Gasteiger partial charge in [-0.2, -0.15) is 0 Å². The third-order valence-corrected chi connectivity index (χ3v) is 2.25. The average molecular weight is 216 g/mol. The fourth-order valence-electron chi connectivity index (χ4n) is 1.43. The van der Waals surface area contributed by atoms with Gasteiger partial charge < -0.3 is 16.2 Å². The minimum atomic E-state index is -0.415. The summed E-state index contributed by atoms with van der Waals surface area (Å²) >= 11 is 0. The van der Waals surface area contributed by atoms with E-state index < -0.39 is 6.04 Å². The lowest BCUT2D eigenvalue weighted by molar-refractivity contribution is -0.123. The Kier molecular flexibility index (Phi) is 7.34. The zero-order valence-corrected chi connectivity index (χ0v) is 9.99. The summed E-state index contributed by atoms with van der Waals surface area (Å²) in [4.78, 5) is 11.6. The molecule has 0 bridgehead atoms. The van der Waals surface area contributed by atoms with Crippen molar-refractivity contribution < 1.29 is 9.90 Å². The van der Waals surface area contributed by atoms with E-state index in [0.717, 1.165) is 6.42 Å². The first-order valence-corrected chi connectivity index (χ1v) is 5.64. The van der Waals surface area contributed by atoms with E-state index in [0.29, 0.717) is 18.8 Å². The Morgan fingerprint density at radius 2 is 2.00 bits per heavy atom. The molecule has 0 aliphatic rings. The maximum Gasteiger partial charge on any atom is 0.237 e. The van der Waals surface area contributed by atoms with E-state index in [4.69, 9.17) is 10.8 Å². The molecule has 4 nitrogen and oxygen atoms in total. The second-order valence-electron chi connectivity index (χ2n) is 4.51. The fraction of sp³-hybridized carbons (Fsp3) is 0.909. The number of amides is 1. The molecule has 0 aromatic carbocycles. The lowest BCUT2D eigenvalue weighted by Gasteiger charge is -2.18. The largest absolute Gasteiger partial charge is 0.396 e. The topological polar surface area (TPSA) is 75.4 Å². The van der Waals surface area contributed by atoms with Crippen molar-refractivity contribution in [3.8, 4) is 0 Å². The summed E-state index contributed by atoms with van der Waals surface area (Å²) in [5, 5.41) is 11.5. The van der Waals surface area contributed by atoms with Gasteiger partial charge in [-0.3, -0.25) is 4.79 Å². The van der Waals surface area contributed by atoms with Crippen molar-refractivity contribution in [3.05, 3.63) is 0 Å². The van der Waals surface area contributed by atoms with Gasteiger partial charge in [0.05, 0.1) is 6.04 Å². The summed E-state index contributed by atoms with van der Waals surface area (Å²) < 4.78 is 0. The van der Waals surface area contributed by atoms with Crippen molar-refractivity contribution in [2.45, 2.75) is 52.1 Å². The van der Waals surface area contributed by atoms with E-state index in [1.54, 1.807) is 0 Å². The molecule has 0 aromatic rings. The molecule has 15 heavy (non-hydrogen) atoms. The molecule has 0 saturated carbocycles. The number of aliphatic hydroxyl groups is 1. The van der Waals surface area contributed by atoms with Gasteiger partial charge in [0, 0.05) is 12.6 Å². The van der Waals surface area contributed by atoms with Crippen LogP contribution >= 0.6 is 0 Å². The molecule has 4 N–H and O–H groups in total. The lowest BCUT2D eigenvalue weighted by atomic mass is 10.0. The van der Waals surface area contributed by atoms with Crippen LogP contribution in [0.1, 0.15) is 40.0 Å². The van der Waals surface area contributed by atoms with Gasteiger partial charge in [0.2, 0.25) is 5.91 Å². The normalized spacial score (nSPS) is 15.1. The van der Waals surface area contributed by atoms with Crippen LogP contribution in [-0.4, -0.2) is 29.7 Å². The molecule has 0 aliphatic heterocycles. The lowest BCUT2D eigenvalue weighted by Crippen LogP contribution is -2.45.